The molecule has 1 unspecified atom stereocenters. The molecule has 1 amide bonds. The number of fused-ring (bicyclic) bond motifs is 2. The second kappa shape index (κ2) is 9.62. The molecule has 1 atom stereocenters. The number of aliphatic hydroxyl groups is 1. The molecule has 7 nitrogen and oxygen atoms in total. The molecule has 0 spiro atoms. The Morgan fingerprint density at radius 2 is 2.16 bits per heavy atom. The van der Waals surface area contributed by atoms with Crippen LogP contribution >= 0.6 is 11.6 Å². The Hall–Kier alpha value is -2.71. The van der Waals surface area contributed by atoms with Crippen molar-refractivity contribution in [3.63, 3.8) is 0 Å². The number of hydroxylamine groups is 1. The van der Waals surface area contributed by atoms with Gasteiger partial charge in [0, 0.05) is 36.7 Å². The van der Waals surface area contributed by atoms with Gasteiger partial charge in [-0.2, -0.15) is 0 Å². The maximum absolute atomic E-state index is 11.2. The number of hydrogen-bond acceptors (Lipinski definition) is 6. The van der Waals surface area contributed by atoms with Gasteiger partial charge in [0.15, 0.2) is 11.5 Å². The molecule has 4 rings (SSSR count). The summed E-state index contributed by atoms with van der Waals surface area (Å²) in [6.07, 6.45) is 5.49. The van der Waals surface area contributed by atoms with Crippen LogP contribution in [0.15, 0.2) is 46.9 Å². The molecule has 31 heavy (non-hydrogen) atoms. The number of rotatable bonds is 8. The molecule has 0 saturated heterocycles. The molecule has 1 aliphatic carbocycles. The molecular formula is C23H24ClN3O4. The summed E-state index contributed by atoms with van der Waals surface area (Å²) in [7, 11) is 0. The smallest absolute Gasteiger partial charge is 0.267 e. The standard InChI is InChI=1S/C23H24ClN3O4/c24-17-4-7-21-19(14-17)25-23(31-21)9-10-27(11-12-28)20-6-3-16-13-15(1-5-18(16)20)2-8-22(29)26-30/h1-2,4-5,7-8,13-14,20,28,30H,3,6,9-12H2,(H,26,29). The summed E-state index contributed by atoms with van der Waals surface area (Å²) in [4.78, 5) is 18.0. The van der Waals surface area contributed by atoms with E-state index in [9.17, 15) is 9.90 Å². The molecule has 1 heterocycles. The molecule has 1 aliphatic rings. The van der Waals surface area contributed by atoms with Gasteiger partial charge in [0.1, 0.15) is 5.52 Å². The van der Waals surface area contributed by atoms with Gasteiger partial charge in [-0.05, 0) is 53.8 Å². The fourth-order valence-corrected chi connectivity index (χ4v) is 4.32. The Labute approximate surface area is 184 Å². The number of aryl methyl sites for hydroxylation is 1. The second-order valence-electron chi connectivity index (χ2n) is 7.55. The van der Waals surface area contributed by atoms with Gasteiger partial charge in [0.05, 0.1) is 6.61 Å². The van der Waals surface area contributed by atoms with Crippen molar-refractivity contribution in [3.05, 3.63) is 70.1 Å². The Bertz CT molecular complexity index is 1110. The van der Waals surface area contributed by atoms with E-state index in [0.717, 1.165) is 29.5 Å². The first kappa shape index (κ1) is 21.5. The predicted molar refractivity (Wildman–Crippen MR) is 118 cm³/mol. The zero-order valence-corrected chi connectivity index (χ0v) is 17.7. The lowest BCUT2D eigenvalue weighted by atomic mass is 10.0. The van der Waals surface area contributed by atoms with Crippen LogP contribution in [-0.2, 0) is 17.6 Å². The lowest BCUT2D eigenvalue weighted by molar-refractivity contribution is -0.124. The number of aromatic nitrogens is 1. The Morgan fingerprint density at radius 1 is 1.29 bits per heavy atom. The van der Waals surface area contributed by atoms with E-state index in [1.165, 1.54) is 17.2 Å². The van der Waals surface area contributed by atoms with Crippen molar-refractivity contribution in [2.45, 2.75) is 25.3 Å². The van der Waals surface area contributed by atoms with Gasteiger partial charge in [-0.15, -0.1) is 0 Å². The van der Waals surface area contributed by atoms with Crippen molar-refractivity contribution >= 4 is 34.7 Å². The highest BCUT2D eigenvalue weighted by molar-refractivity contribution is 6.31. The Kier molecular flexibility index (Phi) is 6.67. The first-order valence-electron chi connectivity index (χ1n) is 10.2. The zero-order valence-electron chi connectivity index (χ0n) is 16.9. The lowest BCUT2D eigenvalue weighted by Gasteiger charge is -2.28. The van der Waals surface area contributed by atoms with E-state index in [2.05, 4.69) is 22.0 Å². The number of amides is 1. The van der Waals surface area contributed by atoms with E-state index < -0.39 is 5.91 Å². The van der Waals surface area contributed by atoms with E-state index >= 15 is 0 Å². The number of benzene rings is 2. The van der Waals surface area contributed by atoms with Gasteiger partial charge < -0.3 is 9.52 Å². The molecule has 3 N–H and O–H groups in total. The minimum atomic E-state index is -0.561. The van der Waals surface area contributed by atoms with Gasteiger partial charge in [-0.25, -0.2) is 10.5 Å². The van der Waals surface area contributed by atoms with Crippen molar-refractivity contribution in [1.82, 2.24) is 15.4 Å². The van der Waals surface area contributed by atoms with Gasteiger partial charge in [0.25, 0.3) is 5.91 Å². The predicted octanol–water partition coefficient (Wildman–Crippen LogP) is 3.52. The monoisotopic (exact) mass is 441 g/mol. The third-order valence-corrected chi connectivity index (χ3v) is 5.82. The second-order valence-corrected chi connectivity index (χ2v) is 7.99. The summed E-state index contributed by atoms with van der Waals surface area (Å²) < 4.78 is 5.84. The largest absolute Gasteiger partial charge is 0.441 e. The van der Waals surface area contributed by atoms with E-state index in [0.29, 0.717) is 30.4 Å². The van der Waals surface area contributed by atoms with Crippen LogP contribution in [0.4, 0.5) is 0 Å². The number of hydrogen-bond donors (Lipinski definition) is 3. The quantitative estimate of drug-likeness (QED) is 0.281. The maximum Gasteiger partial charge on any atom is 0.267 e. The molecule has 162 valence electrons. The average Bonchev–Trinajstić information content (AvgIpc) is 3.37. The highest BCUT2D eigenvalue weighted by Crippen LogP contribution is 2.36. The summed E-state index contributed by atoms with van der Waals surface area (Å²) >= 11 is 6.03. The normalized spacial score (nSPS) is 15.8. The average molecular weight is 442 g/mol. The molecule has 0 saturated carbocycles. The number of carbonyl (C=O) groups is 1. The molecule has 0 radical (unpaired) electrons. The molecular weight excluding hydrogens is 418 g/mol. The van der Waals surface area contributed by atoms with Crippen molar-refractivity contribution in [2.24, 2.45) is 0 Å². The first-order valence-corrected chi connectivity index (χ1v) is 10.6. The molecule has 1 aromatic heterocycles. The number of oxazole rings is 1. The highest BCUT2D eigenvalue weighted by Gasteiger charge is 2.28. The van der Waals surface area contributed by atoms with Crippen molar-refractivity contribution in [2.75, 3.05) is 19.7 Å². The molecule has 0 bridgehead atoms. The van der Waals surface area contributed by atoms with Crippen LogP contribution in [0.5, 0.6) is 0 Å². The lowest BCUT2D eigenvalue weighted by Crippen LogP contribution is -2.32. The van der Waals surface area contributed by atoms with Crippen molar-refractivity contribution in [1.29, 1.82) is 0 Å². The molecule has 0 fully saturated rings. The summed E-state index contributed by atoms with van der Waals surface area (Å²) in [6.45, 7) is 1.35. The fourth-order valence-electron chi connectivity index (χ4n) is 4.15. The SMILES string of the molecule is O=C(C=Cc1ccc2c(c1)CCC2N(CCO)CCc1nc2cc(Cl)ccc2o1)NO. The van der Waals surface area contributed by atoms with Crippen LogP contribution in [0.2, 0.25) is 5.02 Å². The number of nitrogens with zero attached hydrogens (tertiary/aromatic N) is 2. The van der Waals surface area contributed by atoms with E-state index in [4.69, 9.17) is 21.2 Å². The van der Waals surface area contributed by atoms with E-state index in [-0.39, 0.29) is 12.6 Å². The van der Waals surface area contributed by atoms with Gasteiger partial charge in [-0.3, -0.25) is 14.9 Å². The van der Waals surface area contributed by atoms with Crippen LogP contribution in [0, 0.1) is 0 Å². The number of aliphatic hydroxyl groups excluding tert-OH is 1. The fraction of sp³-hybridized carbons (Fsp3) is 0.304. The third kappa shape index (κ3) is 4.97. The number of nitrogens with one attached hydrogen (secondary N) is 1. The minimum absolute atomic E-state index is 0.0755. The van der Waals surface area contributed by atoms with Crippen LogP contribution < -0.4 is 5.48 Å². The van der Waals surface area contributed by atoms with Gasteiger partial charge in [0.2, 0.25) is 0 Å². The molecule has 8 heteroatoms. The topological polar surface area (TPSA) is 98.8 Å². The number of halogens is 1. The van der Waals surface area contributed by atoms with E-state index in [1.54, 1.807) is 23.7 Å². The summed E-state index contributed by atoms with van der Waals surface area (Å²) in [6, 6.07) is 11.7. The van der Waals surface area contributed by atoms with Crippen LogP contribution in [0.1, 0.15) is 35.0 Å². The molecule has 3 aromatic rings. The van der Waals surface area contributed by atoms with Crippen LogP contribution in [0.3, 0.4) is 0 Å². The van der Waals surface area contributed by atoms with Crippen LogP contribution in [0.25, 0.3) is 17.2 Å². The van der Waals surface area contributed by atoms with Crippen molar-refractivity contribution in [3.8, 4) is 0 Å². The number of carbonyl (C=O) groups excluding carboxylic acids is 1. The molecule has 0 aliphatic heterocycles. The Balaban J connectivity index is 1.47. The van der Waals surface area contributed by atoms with Crippen molar-refractivity contribution < 1.29 is 19.5 Å². The van der Waals surface area contributed by atoms with Gasteiger partial charge in [-0.1, -0.05) is 29.8 Å². The maximum atomic E-state index is 11.2. The molecule has 2 aromatic carbocycles. The minimum Gasteiger partial charge on any atom is -0.441 e. The van der Waals surface area contributed by atoms with Gasteiger partial charge >= 0.3 is 0 Å². The van der Waals surface area contributed by atoms with Crippen LogP contribution in [-0.4, -0.2) is 45.8 Å². The highest BCUT2D eigenvalue weighted by atomic mass is 35.5. The zero-order chi connectivity index (χ0) is 21.8. The summed E-state index contributed by atoms with van der Waals surface area (Å²) in [5.74, 6) is 0.0926. The van der Waals surface area contributed by atoms with E-state index in [1.807, 2.05) is 12.1 Å². The third-order valence-electron chi connectivity index (χ3n) is 5.59. The first-order chi connectivity index (χ1) is 15.1. The summed E-state index contributed by atoms with van der Waals surface area (Å²) in [5.41, 5.74) is 6.43. The Morgan fingerprint density at radius 3 is 2.97 bits per heavy atom. The summed E-state index contributed by atoms with van der Waals surface area (Å²) in [5, 5.41) is 18.8.